The van der Waals surface area contributed by atoms with Crippen LogP contribution < -0.4 is 0 Å². The van der Waals surface area contributed by atoms with Crippen molar-refractivity contribution in [2.75, 3.05) is 13.2 Å². The molecule has 2 aromatic carbocycles. The summed E-state index contributed by atoms with van der Waals surface area (Å²) in [5.74, 6) is 0.421. The SMILES string of the molecule is C[C@]12CO[C@@H](c3ccccc3)[C@H]1CO[C@@H]2c1ccccc1. The Labute approximate surface area is 125 Å². The van der Waals surface area contributed by atoms with Crippen molar-refractivity contribution in [3.63, 3.8) is 0 Å². The van der Waals surface area contributed by atoms with Crippen molar-refractivity contribution in [2.24, 2.45) is 11.3 Å². The lowest BCUT2D eigenvalue weighted by atomic mass is 9.72. The van der Waals surface area contributed by atoms with E-state index in [-0.39, 0.29) is 17.6 Å². The van der Waals surface area contributed by atoms with E-state index in [9.17, 15) is 0 Å². The monoisotopic (exact) mass is 280 g/mol. The van der Waals surface area contributed by atoms with Crippen LogP contribution in [0.4, 0.5) is 0 Å². The molecule has 2 aliphatic heterocycles. The topological polar surface area (TPSA) is 18.5 Å². The molecule has 108 valence electrons. The largest absolute Gasteiger partial charge is 0.372 e. The molecule has 0 aromatic heterocycles. The average molecular weight is 280 g/mol. The second-order valence-corrected chi connectivity index (χ2v) is 6.38. The smallest absolute Gasteiger partial charge is 0.0905 e. The van der Waals surface area contributed by atoms with Gasteiger partial charge in [-0.3, -0.25) is 0 Å². The molecule has 0 unspecified atom stereocenters. The fourth-order valence-electron chi connectivity index (χ4n) is 3.85. The Balaban J connectivity index is 1.66. The van der Waals surface area contributed by atoms with Gasteiger partial charge in [-0.1, -0.05) is 67.6 Å². The maximum atomic E-state index is 6.18. The van der Waals surface area contributed by atoms with Crippen molar-refractivity contribution in [2.45, 2.75) is 19.1 Å². The van der Waals surface area contributed by atoms with Gasteiger partial charge in [-0.25, -0.2) is 0 Å². The highest BCUT2D eigenvalue weighted by Gasteiger charge is 2.56. The first-order chi connectivity index (χ1) is 10.3. The highest BCUT2D eigenvalue weighted by molar-refractivity contribution is 5.26. The van der Waals surface area contributed by atoms with Crippen LogP contribution in [0.15, 0.2) is 60.7 Å². The Bertz CT molecular complexity index is 610. The van der Waals surface area contributed by atoms with E-state index >= 15 is 0 Å². The van der Waals surface area contributed by atoms with Crippen molar-refractivity contribution in [3.05, 3.63) is 71.8 Å². The molecular formula is C19H20O2. The van der Waals surface area contributed by atoms with Crippen LogP contribution in [0.2, 0.25) is 0 Å². The van der Waals surface area contributed by atoms with Crippen LogP contribution in [0, 0.1) is 11.3 Å². The quantitative estimate of drug-likeness (QED) is 0.822. The molecular weight excluding hydrogens is 260 g/mol. The number of fused-ring (bicyclic) bond motifs is 1. The summed E-state index contributed by atoms with van der Waals surface area (Å²) < 4.78 is 12.4. The molecule has 4 rings (SSSR count). The highest BCUT2D eigenvalue weighted by Crippen LogP contribution is 2.58. The molecule has 0 radical (unpaired) electrons. The van der Waals surface area contributed by atoms with Gasteiger partial charge in [0.1, 0.15) is 0 Å². The summed E-state index contributed by atoms with van der Waals surface area (Å²) in [6, 6.07) is 21.1. The van der Waals surface area contributed by atoms with Crippen molar-refractivity contribution in [3.8, 4) is 0 Å². The van der Waals surface area contributed by atoms with Crippen LogP contribution in [0.25, 0.3) is 0 Å². The molecule has 0 saturated carbocycles. The van der Waals surface area contributed by atoms with Gasteiger partial charge in [0, 0.05) is 11.3 Å². The van der Waals surface area contributed by atoms with Crippen molar-refractivity contribution in [1.29, 1.82) is 0 Å². The molecule has 2 heteroatoms. The van der Waals surface area contributed by atoms with Crippen LogP contribution in [0.1, 0.15) is 30.3 Å². The van der Waals surface area contributed by atoms with Gasteiger partial charge in [0.2, 0.25) is 0 Å². The number of ether oxygens (including phenoxy) is 2. The van der Waals surface area contributed by atoms with Crippen LogP contribution in [0.3, 0.4) is 0 Å². The van der Waals surface area contributed by atoms with Crippen LogP contribution in [-0.4, -0.2) is 13.2 Å². The molecule has 21 heavy (non-hydrogen) atoms. The number of benzene rings is 2. The molecule has 0 aliphatic carbocycles. The summed E-state index contributed by atoms with van der Waals surface area (Å²) in [4.78, 5) is 0. The van der Waals surface area contributed by atoms with E-state index in [2.05, 4.69) is 67.6 Å². The molecule has 2 saturated heterocycles. The molecule has 0 bridgehead atoms. The molecule has 4 atom stereocenters. The lowest BCUT2D eigenvalue weighted by molar-refractivity contribution is 0.000685. The first kappa shape index (κ1) is 13.1. The van der Waals surface area contributed by atoms with Crippen LogP contribution in [0.5, 0.6) is 0 Å². The first-order valence-corrected chi connectivity index (χ1v) is 7.62. The van der Waals surface area contributed by atoms with Gasteiger partial charge < -0.3 is 9.47 Å². The molecule has 2 heterocycles. The van der Waals surface area contributed by atoms with Gasteiger partial charge in [0.15, 0.2) is 0 Å². The van der Waals surface area contributed by atoms with Crippen molar-refractivity contribution >= 4 is 0 Å². The molecule has 2 aromatic rings. The van der Waals surface area contributed by atoms with Crippen molar-refractivity contribution < 1.29 is 9.47 Å². The highest BCUT2D eigenvalue weighted by atomic mass is 16.5. The lowest BCUT2D eigenvalue weighted by Gasteiger charge is -2.28. The Hall–Kier alpha value is -1.64. The van der Waals surface area contributed by atoms with Crippen LogP contribution >= 0.6 is 0 Å². The normalized spacial score (nSPS) is 34.8. The Morgan fingerprint density at radius 3 is 2.14 bits per heavy atom. The number of rotatable bonds is 2. The summed E-state index contributed by atoms with van der Waals surface area (Å²) in [5.41, 5.74) is 2.59. The zero-order valence-electron chi connectivity index (χ0n) is 12.2. The van der Waals surface area contributed by atoms with E-state index in [1.54, 1.807) is 0 Å². The standard InChI is InChI=1S/C19H20O2/c1-19-13-21-17(14-8-4-2-5-9-14)16(19)12-20-18(19)15-10-6-3-7-11-15/h2-11,16-18H,12-13H2,1H3/t16-,17+,18-,19+/m1/s1. The Morgan fingerprint density at radius 1 is 0.857 bits per heavy atom. The molecule has 2 fully saturated rings. The number of hydrogen-bond donors (Lipinski definition) is 0. The van der Waals surface area contributed by atoms with E-state index in [1.807, 2.05) is 0 Å². The Morgan fingerprint density at radius 2 is 1.48 bits per heavy atom. The summed E-state index contributed by atoms with van der Waals surface area (Å²) >= 11 is 0. The van der Waals surface area contributed by atoms with Gasteiger partial charge in [-0.05, 0) is 11.1 Å². The Kier molecular flexibility index (Phi) is 3.09. The van der Waals surface area contributed by atoms with Gasteiger partial charge in [0.05, 0.1) is 25.4 Å². The van der Waals surface area contributed by atoms with E-state index in [0.29, 0.717) is 5.92 Å². The fourth-order valence-corrected chi connectivity index (χ4v) is 3.85. The maximum Gasteiger partial charge on any atom is 0.0905 e. The second-order valence-electron chi connectivity index (χ2n) is 6.38. The first-order valence-electron chi connectivity index (χ1n) is 7.62. The fraction of sp³-hybridized carbons (Fsp3) is 0.368. The molecule has 0 amide bonds. The summed E-state index contributed by atoms with van der Waals surface area (Å²) in [7, 11) is 0. The molecule has 2 aliphatic rings. The third kappa shape index (κ3) is 2.02. The zero-order chi connectivity index (χ0) is 14.3. The summed E-state index contributed by atoms with van der Waals surface area (Å²) in [5, 5.41) is 0. The lowest BCUT2D eigenvalue weighted by Crippen LogP contribution is -2.27. The predicted octanol–water partition coefficient (Wildman–Crippen LogP) is 4.15. The molecule has 0 N–H and O–H groups in total. The van der Waals surface area contributed by atoms with Gasteiger partial charge in [0.25, 0.3) is 0 Å². The van der Waals surface area contributed by atoms with E-state index in [1.165, 1.54) is 11.1 Å². The minimum Gasteiger partial charge on any atom is -0.372 e. The maximum absolute atomic E-state index is 6.18. The van der Waals surface area contributed by atoms with Crippen LogP contribution in [-0.2, 0) is 9.47 Å². The van der Waals surface area contributed by atoms with E-state index in [4.69, 9.17) is 9.47 Å². The van der Waals surface area contributed by atoms with E-state index in [0.717, 1.165) is 13.2 Å². The van der Waals surface area contributed by atoms with Gasteiger partial charge >= 0.3 is 0 Å². The predicted molar refractivity (Wildman–Crippen MR) is 81.9 cm³/mol. The average Bonchev–Trinajstić information content (AvgIpc) is 3.03. The van der Waals surface area contributed by atoms with Gasteiger partial charge in [-0.15, -0.1) is 0 Å². The van der Waals surface area contributed by atoms with Gasteiger partial charge in [-0.2, -0.15) is 0 Å². The third-order valence-corrected chi connectivity index (χ3v) is 5.06. The van der Waals surface area contributed by atoms with E-state index < -0.39 is 0 Å². The summed E-state index contributed by atoms with van der Waals surface area (Å²) in [6.45, 7) is 3.84. The minimum absolute atomic E-state index is 0.0574. The second kappa shape index (κ2) is 4.97. The third-order valence-electron chi connectivity index (χ3n) is 5.06. The minimum atomic E-state index is 0.0574. The summed E-state index contributed by atoms with van der Waals surface area (Å²) in [6.07, 6.45) is 0.294. The number of hydrogen-bond acceptors (Lipinski definition) is 2. The molecule has 2 nitrogen and oxygen atoms in total. The zero-order valence-corrected chi connectivity index (χ0v) is 12.2. The van der Waals surface area contributed by atoms with Crippen molar-refractivity contribution in [1.82, 2.24) is 0 Å². The molecule has 0 spiro atoms.